The Kier molecular flexibility index (Phi) is 6.41. The average Bonchev–Trinajstić information content (AvgIpc) is 3.98. The molecule has 0 radical (unpaired) electrons. The fraction of sp³-hybridized carbons (Fsp3) is 0.0833. The number of pyridine rings is 1. The molecule has 5 aromatic heterocycles. The molecule has 0 aliphatic heterocycles. The molecule has 0 saturated heterocycles. The lowest BCUT2D eigenvalue weighted by Crippen LogP contribution is -2.12. The van der Waals surface area contributed by atoms with Gasteiger partial charge in [-0.25, -0.2) is 4.98 Å². The summed E-state index contributed by atoms with van der Waals surface area (Å²) in [7, 11) is 0. The third-order valence-corrected chi connectivity index (χ3v) is 10.9. The lowest BCUT2D eigenvalue weighted by Gasteiger charge is -2.20. The number of aromatic nitrogens is 5. The normalized spacial score (nSPS) is 12.4. The van der Waals surface area contributed by atoms with Crippen molar-refractivity contribution in [1.82, 2.24) is 23.5 Å². The van der Waals surface area contributed by atoms with Crippen molar-refractivity contribution in [2.75, 3.05) is 0 Å². The predicted octanol–water partition coefficient (Wildman–Crippen LogP) is 12.1. The molecule has 6 nitrogen and oxygen atoms in total. The second kappa shape index (κ2) is 11.3. The maximum atomic E-state index is 6.51. The Labute approximate surface area is 311 Å². The first kappa shape index (κ1) is 30.7. The summed E-state index contributed by atoms with van der Waals surface area (Å²) in [5.41, 5.74) is 10.4. The zero-order valence-electron chi connectivity index (χ0n) is 30.1. The van der Waals surface area contributed by atoms with Gasteiger partial charge in [-0.2, -0.15) is 0 Å². The van der Waals surface area contributed by atoms with Crippen LogP contribution in [0.4, 0.5) is 0 Å². The van der Waals surface area contributed by atoms with Crippen LogP contribution in [0.5, 0.6) is 11.5 Å². The minimum absolute atomic E-state index is 0.0271. The molecule has 0 unspecified atom stereocenters. The number of hydrogen-bond donors (Lipinski definition) is 0. The monoisotopic (exact) mass is 696 g/mol. The van der Waals surface area contributed by atoms with E-state index >= 15 is 0 Å². The van der Waals surface area contributed by atoms with E-state index in [0.29, 0.717) is 0 Å². The zero-order valence-corrected chi connectivity index (χ0v) is 30.1. The molecule has 0 spiro atoms. The molecule has 0 aliphatic carbocycles. The van der Waals surface area contributed by atoms with Crippen LogP contribution in [0.15, 0.2) is 152 Å². The van der Waals surface area contributed by atoms with Crippen molar-refractivity contribution in [1.29, 1.82) is 0 Å². The molecule has 5 heterocycles. The highest BCUT2D eigenvalue weighted by Gasteiger charge is 2.20. The van der Waals surface area contributed by atoms with E-state index in [-0.39, 0.29) is 5.41 Å². The molecule has 6 aromatic carbocycles. The Hall–Kier alpha value is -6.92. The predicted molar refractivity (Wildman–Crippen MR) is 220 cm³/mol. The molecule has 0 bridgehead atoms. The van der Waals surface area contributed by atoms with Crippen LogP contribution in [0.2, 0.25) is 0 Å². The maximum absolute atomic E-state index is 6.51. The summed E-state index contributed by atoms with van der Waals surface area (Å²) >= 11 is 0. The SMILES string of the molecule is CC(C)(C)c1ccnc(-n2c3ccc(-c4ccc5c(c4)c4cccc6c7ccccc7n5c64)cc3c3ccc(Oc4cccc(-n5[c-]ncc5)c4)cc32)c1. The quantitative estimate of drug-likeness (QED) is 0.168. The number of benzene rings is 6. The van der Waals surface area contributed by atoms with Gasteiger partial charge < -0.3 is 18.7 Å². The number of fused-ring (bicyclic) bond motifs is 9. The van der Waals surface area contributed by atoms with Gasteiger partial charge in [-0.15, -0.1) is 0 Å². The molecule has 54 heavy (non-hydrogen) atoms. The van der Waals surface area contributed by atoms with Gasteiger partial charge in [0.25, 0.3) is 0 Å². The lowest BCUT2D eigenvalue weighted by atomic mass is 9.88. The van der Waals surface area contributed by atoms with Gasteiger partial charge in [0, 0.05) is 50.9 Å². The van der Waals surface area contributed by atoms with E-state index in [2.05, 4.69) is 150 Å². The molecule has 0 aliphatic rings. The molecule has 6 heteroatoms. The van der Waals surface area contributed by atoms with E-state index in [1.807, 2.05) is 41.2 Å². The van der Waals surface area contributed by atoms with Crippen LogP contribution in [0.3, 0.4) is 0 Å². The standard InChI is InChI=1S/C48H34N5O/c1-48(2,3)32-20-21-50-46(26-32)52-43-18-14-30(31-15-19-44-41(25-31)39-12-7-11-38-36-10-4-5-13-42(36)53(44)47(38)39)24-40(43)37-17-16-35(28-45(37)52)54-34-9-6-8-33(27-34)51-23-22-49-29-51/h4-28H,1-3H3/q-1. The summed E-state index contributed by atoms with van der Waals surface area (Å²) < 4.78 is 13.1. The minimum Gasteiger partial charge on any atom is -0.458 e. The summed E-state index contributed by atoms with van der Waals surface area (Å²) in [4.78, 5) is 9.01. The molecule has 258 valence electrons. The van der Waals surface area contributed by atoms with E-state index in [0.717, 1.165) is 44.8 Å². The third-order valence-electron chi connectivity index (χ3n) is 10.9. The van der Waals surface area contributed by atoms with Gasteiger partial charge in [0.05, 0.1) is 27.6 Å². The zero-order chi connectivity index (χ0) is 36.1. The summed E-state index contributed by atoms with van der Waals surface area (Å²) in [6.45, 7) is 6.72. The largest absolute Gasteiger partial charge is 0.458 e. The summed E-state index contributed by atoms with van der Waals surface area (Å²) in [6, 6.07) is 47.8. The average molecular weight is 697 g/mol. The molecule has 0 saturated carbocycles. The summed E-state index contributed by atoms with van der Waals surface area (Å²) in [5.74, 6) is 2.36. The van der Waals surface area contributed by atoms with Gasteiger partial charge in [0.1, 0.15) is 17.3 Å². The fourth-order valence-corrected chi connectivity index (χ4v) is 8.32. The Morgan fingerprint density at radius 1 is 0.556 bits per heavy atom. The van der Waals surface area contributed by atoms with E-state index in [9.17, 15) is 0 Å². The van der Waals surface area contributed by atoms with Crippen LogP contribution < -0.4 is 4.74 Å². The summed E-state index contributed by atoms with van der Waals surface area (Å²) in [5, 5.41) is 7.44. The Morgan fingerprint density at radius 3 is 2.07 bits per heavy atom. The highest BCUT2D eigenvalue weighted by atomic mass is 16.5. The second-order valence-electron chi connectivity index (χ2n) is 15.2. The molecule has 0 N–H and O–H groups in total. The third kappa shape index (κ3) is 4.59. The highest BCUT2D eigenvalue weighted by Crippen LogP contribution is 2.42. The van der Waals surface area contributed by atoms with Gasteiger partial charge >= 0.3 is 0 Å². The first-order chi connectivity index (χ1) is 26.4. The van der Waals surface area contributed by atoms with Crippen molar-refractivity contribution in [3.63, 3.8) is 0 Å². The van der Waals surface area contributed by atoms with Crippen LogP contribution in [0, 0.1) is 6.33 Å². The van der Waals surface area contributed by atoms with E-state index in [4.69, 9.17) is 9.72 Å². The molecular weight excluding hydrogens is 663 g/mol. The Morgan fingerprint density at radius 2 is 1.26 bits per heavy atom. The van der Waals surface area contributed by atoms with E-state index in [1.165, 1.54) is 54.8 Å². The number of ether oxygens (including phenoxy) is 1. The minimum atomic E-state index is -0.0271. The van der Waals surface area contributed by atoms with Crippen molar-refractivity contribution in [2.24, 2.45) is 0 Å². The number of nitrogens with zero attached hydrogens (tertiary/aromatic N) is 5. The van der Waals surface area contributed by atoms with Crippen LogP contribution in [0.25, 0.3) is 82.5 Å². The van der Waals surface area contributed by atoms with Crippen molar-refractivity contribution >= 4 is 59.9 Å². The number of rotatable bonds is 5. The van der Waals surface area contributed by atoms with Crippen molar-refractivity contribution < 1.29 is 4.74 Å². The van der Waals surface area contributed by atoms with Crippen LogP contribution in [0.1, 0.15) is 26.3 Å². The van der Waals surface area contributed by atoms with E-state index in [1.54, 1.807) is 6.20 Å². The highest BCUT2D eigenvalue weighted by molar-refractivity contribution is 6.23. The molecule has 0 amide bonds. The molecule has 0 atom stereocenters. The first-order valence-corrected chi connectivity index (χ1v) is 18.3. The van der Waals surface area contributed by atoms with Gasteiger partial charge in [-0.3, -0.25) is 4.57 Å². The molecule has 0 fully saturated rings. The lowest BCUT2D eigenvalue weighted by molar-refractivity contribution is 0.483. The molecular formula is C48H34N5O-. The van der Waals surface area contributed by atoms with Gasteiger partial charge in [0.2, 0.25) is 0 Å². The second-order valence-corrected chi connectivity index (χ2v) is 15.2. The summed E-state index contributed by atoms with van der Waals surface area (Å²) in [6.07, 6.45) is 8.48. The van der Waals surface area contributed by atoms with Crippen LogP contribution >= 0.6 is 0 Å². The Bertz CT molecular complexity index is 3230. The van der Waals surface area contributed by atoms with Gasteiger partial charge in [0.15, 0.2) is 0 Å². The van der Waals surface area contributed by atoms with Gasteiger partial charge in [-0.05, 0) is 94.5 Å². The topological polar surface area (TPSA) is 49.3 Å². The Balaban J connectivity index is 1.08. The van der Waals surface area contributed by atoms with Crippen molar-refractivity contribution in [3.05, 3.63) is 164 Å². The van der Waals surface area contributed by atoms with Crippen molar-refractivity contribution in [3.8, 4) is 34.1 Å². The van der Waals surface area contributed by atoms with Crippen LogP contribution in [-0.4, -0.2) is 23.5 Å². The first-order valence-electron chi connectivity index (χ1n) is 18.3. The number of imidazole rings is 1. The van der Waals surface area contributed by atoms with E-state index < -0.39 is 0 Å². The number of hydrogen-bond acceptors (Lipinski definition) is 3. The maximum Gasteiger partial charge on any atom is 0.137 e. The fourth-order valence-electron chi connectivity index (χ4n) is 8.32. The van der Waals surface area contributed by atoms with Crippen LogP contribution in [-0.2, 0) is 5.41 Å². The molecule has 11 aromatic rings. The van der Waals surface area contributed by atoms with Crippen molar-refractivity contribution in [2.45, 2.75) is 26.2 Å². The smallest absolute Gasteiger partial charge is 0.137 e. The number of para-hydroxylation sites is 2. The van der Waals surface area contributed by atoms with Gasteiger partial charge in [-0.1, -0.05) is 93.8 Å². The molecule has 11 rings (SSSR count).